The Morgan fingerprint density at radius 3 is 2.43 bits per heavy atom. The van der Waals surface area contributed by atoms with Crippen molar-refractivity contribution in [3.05, 3.63) is 84.2 Å². The second kappa shape index (κ2) is 10.9. The van der Waals surface area contributed by atoms with E-state index in [2.05, 4.69) is 30.8 Å². The first-order chi connectivity index (χ1) is 20.9. The molecule has 3 amide bonds. The van der Waals surface area contributed by atoms with E-state index in [1.165, 1.54) is 28.0 Å². The van der Waals surface area contributed by atoms with Crippen molar-refractivity contribution in [2.75, 3.05) is 16.8 Å². The third kappa shape index (κ3) is 6.17. The largest absolute Gasteiger partial charge is 0.573 e. The molecule has 1 saturated heterocycles. The molecule has 6 rings (SSSR count). The van der Waals surface area contributed by atoms with Gasteiger partial charge in [0.2, 0.25) is 5.91 Å². The molecule has 15 heteroatoms. The summed E-state index contributed by atoms with van der Waals surface area (Å²) in [6.07, 6.45) is -4.64. The van der Waals surface area contributed by atoms with Gasteiger partial charge in [0, 0.05) is 17.7 Å². The zero-order valence-electron chi connectivity index (χ0n) is 22.9. The fourth-order valence-electron chi connectivity index (χ4n) is 4.92. The van der Waals surface area contributed by atoms with Crippen LogP contribution in [-0.4, -0.2) is 51.8 Å². The van der Waals surface area contributed by atoms with Crippen LogP contribution in [-0.2, 0) is 4.79 Å². The van der Waals surface area contributed by atoms with E-state index in [1.807, 2.05) is 0 Å². The summed E-state index contributed by atoms with van der Waals surface area (Å²) in [5, 5.41) is 12.6. The average Bonchev–Trinajstić information content (AvgIpc) is 3.27. The summed E-state index contributed by atoms with van der Waals surface area (Å²) in [6.45, 7) is 1.71. The Kier molecular flexibility index (Phi) is 7.19. The van der Waals surface area contributed by atoms with Crippen LogP contribution >= 0.6 is 0 Å². The Morgan fingerprint density at radius 1 is 1.07 bits per heavy atom. The molecule has 0 radical (unpaired) electrons. The molecule has 2 aliphatic rings. The van der Waals surface area contributed by atoms with Crippen molar-refractivity contribution in [3.63, 3.8) is 0 Å². The molecule has 2 heterocycles. The van der Waals surface area contributed by atoms with Gasteiger partial charge in [0.25, 0.3) is 5.92 Å². The molecule has 1 aliphatic carbocycles. The minimum atomic E-state index is -4.79. The van der Waals surface area contributed by atoms with Gasteiger partial charge in [-0.15, -0.1) is 18.3 Å². The van der Waals surface area contributed by atoms with E-state index in [9.17, 15) is 31.5 Å². The molecule has 0 bridgehead atoms. The molecule has 228 valence electrons. The number of hydrogen-bond acceptors (Lipinski definition) is 6. The monoisotopic (exact) mass is 613 g/mol. The molecule has 1 aromatic heterocycles. The van der Waals surface area contributed by atoms with Crippen LogP contribution in [0.15, 0.2) is 73.1 Å². The van der Waals surface area contributed by atoms with Crippen molar-refractivity contribution in [3.8, 4) is 22.8 Å². The van der Waals surface area contributed by atoms with Gasteiger partial charge >= 0.3 is 12.4 Å². The van der Waals surface area contributed by atoms with Crippen LogP contribution in [0.5, 0.6) is 5.75 Å². The number of nitrogens with one attached hydrogen (secondary N) is 3. The van der Waals surface area contributed by atoms with Gasteiger partial charge in [-0.25, -0.2) is 23.2 Å². The lowest BCUT2D eigenvalue weighted by Crippen LogP contribution is -2.52. The maximum atomic E-state index is 13.9. The molecular weight excluding hydrogens is 589 g/mol. The van der Waals surface area contributed by atoms with E-state index in [1.54, 1.807) is 49.4 Å². The Morgan fingerprint density at radius 2 is 1.77 bits per heavy atom. The molecule has 2 fully saturated rings. The van der Waals surface area contributed by atoms with Gasteiger partial charge in [0.05, 0.1) is 23.8 Å². The van der Waals surface area contributed by atoms with Gasteiger partial charge in [-0.1, -0.05) is 12.1 Å². The Labute approximate surface area is 246 Å². The number of aryl methyl sites for hydroxylation is 1. The van der Waals surface area contributed by atoms with Gasteiger partial charge in [-0.05, 0) is 72.6 Å². The second-order valence-electron chi connectivity index (χ2n) is 10.4. The summed E-state index contributed by atoms with van der Waals surface area (Å²) in [5.74, 6) is -4.22. The van der Waals surface area contributed by atoms with Gasteiger partial charge in [-0.2, -0.15) is 0 Å². The Hall–Kier alpha value is -5.05. The van der Waals surface area contributed by atoms with Crippen LogP contribution in [0, 0.1) is 6.92 Å². The van der Waals surface area contributed by atoms with E-state index in [0.717, 1.165) is 17.7 Å². The topological polar surface area (TPSA) is 113 Å². The second-order valence-corrected chi connectivity index (χ2v) is 10.4. The number of halogens is 5. The minimum absolute atomic E-state index is 0.0841. The van der Waals surface area contributed by atoms with Crippen LogP contribution in [0.3, 0.4) is 0 Å². The molecular formula is C29H24F5N7O3. The van der Waals surface area contributed by atoms with Crippen LogP contribution in [0.25, 0.3) is 17.1 Å². The third-order valence-corrected chi connectivity index (χ3v) is 7.12. The van der Waals surface area contributed by atoms with Crippen LogP contribution in [0.1, 0.15) is 23.5 Å². The first-order valence-corrected chi connectivity index (χ1v) is 13.4. The van der Waals surface area contributed by atoms with Crippen molar-refractivity contribution >= 4 is 23.3 Å². The highest BCUT2D eigenvalue weighted by atomic mass is 19.4. The van der Waals surface area contributed by atoms with Crippen LogP contribution < -0.4 is 25.6 Å². The highest BCUT2D eigenvalue weighted by Crippen LogP contribution is 2.57. The van der Waals surface area contributed by atoms with Crippen LogP contribution in [0.4, 0.5) is 38.1 Å². The van der Waals surface area contributed by atoms with Gasteiger partial charge in [-0.3, -0.25) is 15.0 Å². The lowest BCUT2D eigenvalue weighted by molar-refractivity contribution is -0.274. The summed E-state index contributed by atoms with van der Waals surface area (Å²) >= 11 is 0. The first kappa shape index (κ1) is 29.0. The molecule has 3 N–H and O–H groups in total. The van der Waals surface area contributed by atoms with E-state index in [0.29, 0.717) is 34.0 Å². The number of ether oxygens (including phenoxy) is 1. The number of nitrogens with zero attached hydrogens (tertiary/aromatic N) is 4. The standard InChI is InChI=1S/C29H24F5N7O3/c1-16-2-11-21(22-13-28(22,30)31)23(12-16)41-24(42)14-35-26(41)38-27(43)37-18-5-3-17(4-6-18)25-36-15-40(39-25)19-7-9-20(10-8-19)44-29(32,33)34/h2-12,15,22,26,35H,13-14H2,1H3,(H2,37,38,43). The van der Waals surface area contributed by atoms with E-state index < -0.39 is 30.5 Å². The van der Waals surface area contributed by atoms with E-state index in [4.69, 9.17) is 0 Å². The number of amides is 3. The van der Waals surface area contributed by atoms with Gasteiger partial charge < -0.3 is 15.4 Å². The first-order valence-electron chi connectivity index (χ1n) is 13.4. The molecule has 10 nitrogen and oxygen atoms in total. The molecule has 0 spiro atoms. The lowest BCUT2D eigenvalue weighted by atomic mass is 10.0. The zero-order chi connectivity index (χ0) is 31.2. The molecule has 2 unspecified atom stereocenters. The van der Waals surface area contributed by atoms with Gasteiger partial charge in [0.1, 0.15) is 12.1 Å². The van der Waals surface area contributed by atoms with Gasteiger partial charge in [0.15, 0.2) is 12.1 Å². The number of anilines is 2. The summed E-state index contributed by atoms with van der Waals surface area (Å²) in [5.41, 5.74) is 2.94. The number of carbonyl (C=O) groups is 2. The maximum Gasteiger partial charge on any atom is 0.573 e. The summed E-state index contributed by atoms with van der Waals surface area (Å²) in [7, 11) is 0. The molecule has 2 atom stereocenters. The average molecular weight is 614 g/mol. The molecule has 4 aromatic rings. The quantitative estimate of drug-likeness (QED) is 0.244. The molecule has 1 saturated carbocycles. The van der Waals surface area contributed by atoms with E-state index >= 15 is 0 Å². The normalized spacial score (nSPS) is 19.1. The summed E-state index contributed by atoms with van der Waals surface area (Å²) in [6, 6.07) is 16.0. The smallest absolute Gasteiger partial charge is 0.406 e. The number of rotatable bonds is 7. The number of carbonyl (C=O) groups excluding carboxylic acids is 2. The molecule has 44 heavy (non-hydrogen) atoms. The predicted molar refractivity (Wildman–Crippen MR) is 148 cm³/mol. The summed E-state index contributed by atoms with van der Waals surface area (Å²) in [4.78, 5) is 31.1. The van der Waals surface area contributed by atoms with Crippen molar-refractivity contribution < 1.29 is 36.3 Å². The zero-order valence-corrected chi connectivity index (χ0v) is 22.9. The molecule has 1 aliphatic heterocycles. The minimum Gasteiger partial charge on any atom is -0.406 e. The lowest BCUT2D eigenvalue weighted by Gasteiger charge is -2.27. The predicted octanol–water partition coefficient (Wildman–Crippen LogP) is 5.31. The van der Waals surface area contributed by atoms with Crippen molar-refractivity contribution in [1.82, 2.24) is 25.4 Å². The highest BCUT2D eigenvalue weighted by molar-refractivity contribution is 6.00. The maximum absolute atomic E-state index is 13.9. The number of urea groups is 1. The Balaban J connectivity index is 1.10. The van der Waals surface area contributed by atoms with Crippen molar-refractivity contribution in [2.45, 2.75) is 37.8 Å². The number of hydrogen-bond donors (Lipinski definition) is 3. The van der Waals surface area contributed by atoms with Crippen molar-refractivity contribution in [1.29, 1.82) is 0 Å². The summed E-state index contributed by atoms with van der Waals surface area (Å²) < 4.78 is 70.3. The highest BCUT2D eigenvalue weighted by Gasteiger charge is 2.58. The fourth-order valence-corrected chi connectivity index (χ4v) is 4.92. The fraction of sp³-hybridized carbons (Fsp3) is 0.241. The number of alkyl halides is 5. The SMILES string of the molecule is Cc1ccc(C2CC2(F)F)c(N2C(=O)CNC2NC(=O)Nc2ccc(-c3ncn(-c4ccc(OC(F)(F)F)cc4)n3)cc2)c1. The Bertz CT molecular complexity index is 1710. The van der Waals surface area contributed by atoms with Crippen LogP contribution in [0.2, 0.25) is 0 Å². The number of benzene rings is 3. The van der Waals surface area contributed by atoms with Crippen molar-refractivity contribution in [2.24, 2.45) is 0 Å². The molecule has 3 aromatic carbocycles. The van der Waals surface area contributed by atoms with E-state index in [-0.39, 0.29) is 24.6 Å². The number of aromatic nitrogens is 3. The third-order valence-electron chi connectivity index (χ3n) is 7.12.